The van der Waals surface area contributed by atoms with E-state index in [1.807, 2.05) is 0 Å². The molecule has 2 atom stereocenters. The molecule has 2 fully saturated rings. The number of nitrogens with zero attached hydrogens (tertiary/aromatic N) is 3. The van der Waals surface area contributed by atoms with Gasteiger partial charge in [-0.25, -0.2) is 16.8 Å². The van der Waals surface area contributed by atoms with Crippen molar-refractivity contribution >= 4 is 25.5 Å². The number of piperazine rings is 1. The van der Waals surface area contributed by atoms with E-state index in [1.165, 1.54) is 23.5 Å². The molecule has 11 heteroatoms. The number of sulfone groups is 1. The minimum absolute atomic E-state index is 0.0733. The van der Waals surface area contributed by atoms with Gasteiger partial charge in [0.05, 0.1) is 41.8 Å². The monoisotopic (exact) mass is 523 g/mol. The summed E-state index contributed by atoms with van der Waals surface area (Å²) in [5.41, 5.74) is 0.366. The van der Waals surface area contributed by atoms with Gasteiger partial charge in [-0.1, -0.05) is 30.3 Å². The van der Waals surface area contributed by atoms with Gasteiger partial charge in [0.2, 0.25) is 0 Å². The Morgan fingerprint density at radius 3 is 2.34 bits per heavy atom. The van der Waals surface area contributed by atoms with Crippen LogP contribution >= 0.6 is 0 Å². The molecule has 0 amide bonds. The molecule has 0 aliphatic carbocycles. The van der Waals surface area contributed by atoms with Crippen molar-refractivity contribution in [1.29, 1.82) is 0 Å². The number of sulfonamides is 1. The third-order valence-corrected chi connectivity index (χ3v) is 10.2. The lowest BCUT2D eigenvalue weighted by atomic mass is 10.2. The molecule has 2 aliphatic rings. The fraction of sp³-hybridized carbons (Fsp3) is 0.500. The molecule has 1 N–H and O–H groups in total. The fourth-order valence-electron chi connectivity index (χ4n) is 4.80. The molecule has 0 spiro atoms. The van der Waals surface area contributed by atoms with Crippen LogP contribution in [0.2, 0.25) is 0 Å². The first kappa shape index (κ1) is 25.9. The first-order valence-electron chi connectivity index (χ1n) is 11.8. The van der Waals surface area contributed by atoms with Crippen LogP contribution in [0.4, 0.5) is 5.69 Å². The van der Waals surface area contributed by atoms with Crippen LogP contribution in [0.3, 0.4) is 0 Å². The molecular weight excluding hydrogens is 490 g/mol. The average Bonchev–Trinajstić information content (AvgIpc) is 3.23. The molecule has 2 saturated heterocycles. The summed E-state index contributed by atoms with van der Waals surface area (Å²) < 4.78 is 57.4. The van der Waals surface area contributed by atoms with Gasteiger partial charge in [-0.2, -0.15) is 0 Å². The van der Waals surface area contributed by atoms with E-state index in [-0.39, 0.29) is 29.0 Å². The molecule has 2 aromatic rings. The third kappa shape index (κ3) is 6.15. The number of aliphatic hydroxyl groups excluding tert-OH is 1. The number of methoxy groups -OCH3 is 1. The van der Waals surface area contributed by atoms with Crippen molar-refractivity contribution in [3.8, 4) is 5.75 Å². The molecule has 192 valence electrons. The predicted molar refractivity (Wildman–Crippen MR) is 135 cm³/mol. The van der Waals surface area contributed by atoms with Gasteiger partial charge in [0.25, 0.3) is 10.0 Å². The van der Waals surface area contributed by atoms with E-state index < -0.39 is 26.0 Å². The van der Waals surface area contributed by atoms with E-state index in [1.54, 1.807) is 42.5 Å². The van der Waals surface area contributed by atoms with Gasteiger partial charge < -0.3 is 9.84 Å². The first-order valence-corrected chi connectivity index (χ1v) is 15.0. The molecule has 0 bridgehead atoms. The maximum absolute atomic E-state index is 13.6. The zero-order valence-corrected chi connectivity index (χ0v) is 21.5. The maximum Gasteiger partial charge on any atom is 0.264 e. The van der Waals surface area contributed by atoms with Gasteiger partial charge in [-0.15, -0.1) is 0 Å². The number of rotatable bonds is 9. The SMILES string of the molecule is COc1ccccc1N(C[C@@H](O)CN1CCN([C@H]2CCS(=O)(=O)C2)CC1)S(=O)(=O)c1ccccc1. The van der Waals surface area contributed by atoms with E-state index in [4.69, 9.17) is 4.74 Å². The summed E-state index contributed by atoms with van der Waals surface area (Å²) in [7, 11) is -5.39. The number of β-amino-alcohol motifs (C(OH)–C–C–N with tert-alkyl or cyclic N) is 1. The highest BCUT2D eigenvalue weighted by Crippen LogP contribution is 2.32. The molecule has 0 saturated carbocycles. The number of aliphatic hydroxyl groups is 1. The van der Waals surface area contributed by atoms with Crippen molar-refractivity contribution in [2.45, 2.75) is 23.5 Å². The molecule has 9 nitrogen and oxygen atoms in total. The first-order chi connectivity index (χ1) is 16.7. The standard InChI is InChI=1S/C24H33N3O6S2/c1-33-24-10-6-5-9-23(24)27(35(31,32)22-7-3-2-4-8-22)18-21(28)17-25-12-14-26(15-13-25)20-11-16-34(29,30)19-20/h2-10,20-21,28H,11-19H2,1H3/t20-,21-/m0/s1. The summed E-state index contributed by atoms with van der Waals surface area (Å²) >= 11 is 0. The summed E-state index contributed by atoms with van der Waals surface area (Å²) in [5.74, 6) is 0.880. The van der Waals surface area contributed by atoms with Crippen LogP contribution in [0.25, 0.3) is 0 Å². The topological polar surface area (TPSA) is 107 Å². The second-order valence-corrected chi connectivity index (χ2v) is 13.2. The Morgan fingerprint density at radius 1 is 1.06 bits per heavy atom. The van der Waals surface area contributed by atoms with Gasteiger partial charge in [-0.3, -0.25) is 14.1 Å². The van der Waals surface area contributed by atoms with Crippen molar-refractivity contribution in [3.05, 3.63) is 54.6 Å². The van der Waals surface area contributed by atoms with Crippen LogP contribution in [0.1, 0.15) is 6.42 Å². The lowest BCUT2D eigenvalue weighted by Gasteiger charge is -2.38. The van der Waals surface area contributed by atoms with E-state index in [0.29, 0.717) is 37.5 Å². The summed E-state index contributed by atoms with van der Waals surface area (Å²) in [6, 6.07) is 15.1. The minimum atomic E-state index is -3.94. The van der Waals surface area contributed by atoms with E-state index in [0.717, 1.165) is 13.1 Å². The Hall–Kier alpha value is -2.18. The molecule has 4 rings (SSSR count). The van der Waals surface area contributed by atoms with Crippen LogP contribution in [0.15, 0.2) is 59.5 Å². The van der Waals surface area contributed by atoms with Gasteiger partial charge >= 0.3 is 0 Å². The van der Waals surface area contributed by atoms with Crippen LogP contribution in [0.5, 0.6) is 5.75 Å². The van der Waals surface area contributed by atoms with E-state index in [2.05, 4.69) is 9.80 Å². The molecule has 2 aliphatic heterocycles. The lowest BCUT2D eigenvalue weighted by molar-refractivity contribution is 0.0639. The van der Waals surface area contributed by atoms with Crippen molar-refractivity contribution in [1.82, 2.24) is 9.80 Å². The summed E-state index contributed by atoms with van der Waals surface area (Å²) in [5, 5.41) is 11.0. The second-order valence-electron chi connectivity index (χ2n) is 9.07. The van der Waals surface area contributed by atoms with Crippen molar-refractivity contribution in [2.24, 2.45) is 0 Å². The number of ether oxygens (including phenoxy) is 1. The number of benzene rings is 2. The summed E-state index contributed by atoms with van der Waals surface area (Å²) in [4.78, 5) is 4.45. The van der Waals surface area contributed by atoms with Gasteiger partial charge in [0, 0.05) is 38.8 Å². The van der Waals surface area contributed by atoms with Crippen molar-refractivity contribution in [2.75, 3.05) is 62.2 Å². The quantitative estimate of drug-likeness (QED) is 0.520. The molecule has 0 aromatic heterocycles. The Bertz CT molecular complexity index is 1200. The van der Waals surface area contributed by atoms with Gasteiger partial charge in [-0.05, 0) is 30.7 Å². The van der Waals surface area contributed by atoms with Crippen LogP contribution in [-0.4, -0.2) is 102 Å². The summed E-state index contributed by atoms with van der Waals surface area (Å²) in [6.07, 6.45) is -0.257. The molecule has 0 radical (unpaired) electrons. The van der Waals surface area contributed by atoms with Crippen LogP contribution < -0.4 is 9.04 Å². The maximum atomic E-state index is 13.6. The fourth-order valence-corrected chi connectivity index (χ4v) is 8.10. The Kier molecular flexibility index (Phi) is 8.02. The molecule has 0 unspecified atom stereocenters. The largest absolute Gasteiger partial charge is 0.495 e. The average molecular weight is 524 g/mol. The summed E-state index contributed by atoms with van der Waals surface area (Å²) in [6.45, 7) is 3.02. The molecule has 2 heterocycles. The minimum Gasteiger partial charge on any atom is -0.495 e. The normalized spacial score (nSPS) is 22.1. The Labute approximate surface area is 207 Å². The predicted octanol–water partition coefficient (Wildman–Crippen LogP) is 1.06. The Balaban J connectivity index is 1.45. The van der Waals surface area contributed by atoms with E-state index >= 15 is 0 Å². The third-order valence-electron chi connectivity index (χ3n) is 6.66. The highest BCUT2D eigenvalue weighted by atomic mass is 32.2. The number of para-hydroxylation sites is 2. The second kappa shape index (κ2) is 10.8. The Morgan fingerprint density at radius 2 is 1.71 bits per heavy atom. The number of hydrogen-bond donors (Lipinski definition) is 1. The zero-order chi connectivity index (χ0) is 25.1. The van der Waals surface area contributed by atoms with Crippen molar-refractivity contribution < 1.29 is 26.7 Å². The molecule has 2 aromatic carbocycles. The highest BCUT2D eigenvalue weighted by molar-refractivity contribution is 7.93. The smallest absolute Gasteiger partial charge is 0.264 e. The zero-order valence-electron chi connectivity index (χ0n) is 19.9. The van der Waals surface area contributed by atoms with E-state index in [9.17, 15) is 21.9 Å². The van der Waals surface area contributed by atoms with Crippen LogP contribution in [0, 0.1) is 0 Å². The van der Waals surface area contributed by atoms with Gasteiger partial charge in [0.15, 0.2) is 9.84 Å². The lowest BCUT2D eigenvalue weighted by Crippen LogP contribution is -2.53. The van der Waals surface area contributed by atoms with Gasteiger partial charge in [0.1, 0.15) is 5.75 Å². The highest BCUT2D eigenvalue weighted by Gasteiger charge is 2.34. The number of hydrogen-bond acceptors (Lipinski definition) is 8. The van der Waals surface area contributed by atoms with Crippen molar-refractivity contribution in [3.63, 3.8) is 0 Å². The molecule has 35 heavy (non-hydrogen) atoms. The number of anilines is 1. The molecular formula is C24H33N3O6S2. The van der Waals surface area contributed by atoms with Crippen LogP contribution in [-0.2, 0) is 19.9 Å².